The van der Waals surface area contributed by atoms with Crippen LogP contribution in [0.2, 0.25) is 10.0 Å². The number of aliphatic hydroxyl groups is 1. The molecule has 5 rings (SSSR count). The largest absolute Gasteiger partial charge is 0.390 e. The van der Waals surface area contributed by atoms with Gasteiger partial charge < -0.3 is 20.2 Å². The molecule has 0 radical (unpaired) electrons. The van der Waals surface area contributed by atoms with Crippen LogP contribution in [-0.2, 0) is 0 Å². The number of aliphatic hydroxyl groups excluding tert-OH is 1. The second-order valence-electron chi connectivity index (χ2n) is 9.69. The van der Waals surface area contributed by atoms with Gasteiger partial charge in [-0.05, 0) is 54.6 Å². The predicted octanol–water partition coefficient (Wildman–Crippen LogP) is 3.89. The van der Waals surface area contributed by atoms with E-state index in [4.69, 9.17) is 23.2 Å². The molecule has 2 heterocycles. The first kappa shape index (κ1) is 27.1. The highest BCUT2D eigenvalue weighted by Crippen LogP contribution is 2.27. The van der Waals surface area contributed by atoms with Gasteiger partial charge in [0.05, 0.1) is 23.4 Å². The molecule has 2 fully saturated rings. The second kappa shape index (κ2) is 11.8. The van der Waals surface area contributed by atoms with Gasteiger partial charge in [0.1, 0.15) is 0 Å². The normalized spacial score (nSPS) is 19.7. The number of piperazine rings is 1. The molecular formula is C29H28Cl2N4O4. The Hall–Kier alpha value is -3.43. The molecule has 2 unspecified atom stereocenters. The predicted molar refractivity (Wildman–Crippen MR) is 150 cm³/mol. The Bertz CT molecular complexity index is 1360. The van der Waals surface area contributed by atoms with Crippen molar-refractivity contribution in [2.24, 2.45) is 0 Å². The van der Waals surface area contributed by atoms with Crippen molar-refractivity contribution in [2.75, 3.05) is 44.6 Å². The smallest absolute Gasteiger partial charge is 0.256 e. The molecule has 0 spiro atoms. The van der Waals surface area contributed by atoms with Gasteiger partial charge in [-0.2, -0.15) is 0 Å². The zero-order valence-electron chi connectivity index (χ0n) is 21.1. The van der Waals surface area contributed by atoms with Crippen molar-refractivity contribution < 1.29 is 19.5 Å². The third-order valence-electron chi connectivity index (χ3n) is 7.20. The summed E-state index contributed by atoms with van der Waals surface area (Å²) in [6, 6.07) is 20.0. The van der Waals surface area contributed by atoms with Crippen molar-refractivity contribution in [3.05, 3.63) is 99.5 Å². The van der Waals surface area contributed by atoms with E-state index in [-0.39, 0.29) is 30.3 Å². The number of β-amino-alcohol motifs (C(OH)–C–C–N with tert-alkyl or cyclic N) is 1. The van der Waals surface area contributed by atoms with Crippen LogP contribution in [-0.4, -0.2) is 88.9 Å². The molecule has 8 nitrogen and oxygen atoms in total. The molecule has 10 heteroatoms. The summed E-state index contributed by atoms with van der Waals surface area (Å²) in [7, 11) is 0. The van der Waals surface area contributed by atoms with Crippen molar-refractivity contribution in [1.82, 2.24) is 14.7 Å². The highest BCUT2D eigenvalue weighted by atomic mass is 35.5. The molecule has 2 aliphatic heterocycles. The summed E-state index contributed by atoms with van der Waals surface area (Å²) in [5, 5.41) is 14.6. The van der Waals surface area contributed by atoms with Crippen LogP contribution >= 0.6 is 23.2 Å². The van der Waals surface area contributed by atoms with Crippen molar-refractivity contribution >= 4 is 46.6 Å². The van der Waals surface area contributed by atoms with E-state index >= 15 is 0 Å². The van der Waals surface area contributed by atoms with Crippen LogP contribution < -0.4 is 5.32 Å². The van der Waals surface area contributed by atoms with Gasteiger partial charge in [-0.1, -0.05) is 41.4 Å². The highest BCUT2D eigenvalue weighted by molar-refractivity contribution is 6.31. The fourth-order valence-electron chi connectivity index (χ4n) is 5.09. The number of likely N-dealkylation sites (tertiary alicyclic amines) is 1. The lowest BCUT2D eigenvalue weighted by atomic mass is 10.1. The first-order chi connectivity index (χ1) is 18.8. The van der Waals surface area contributed by atoms with Crippen LogP contribution in [0.5, 0.6) is 0 Å². The molecule has 2 aliphatic rings. The zero-order chi connectivity index (χ0) is 27.5. The van der Waals surface area contributed by atoms with Crippen molar-refractivity contribution in [2.45, 2.75) is 12.1 Å². The summed E-state index contributed by atoms with van der Waals surface area (Å²) < 4.78 is 0. The molecular weight excluding hydrogens is 539 g/mol. The minimum atomic E-state index is -0.734. The minimum absolute atomic E-state index is 0.0529. The molecule has 202 valence electrons. The number of anilines is 1. The zero-order valence-corrected chi connectivity index (χ0v) is 22.6. The summed E-state index contributed by atoms with van der Waals surface area (Å²) in [4.78, 5) is 44.7. The molecule has 0 bridgehead atoms. The number of hydrogen-bond donors (Lipinski definition) is 2. The van der Waals surface area contributed by atoms with Crippen LogP contribution in [0.1, 0.15) is 31.1 Å². The summed E-state index contributed by atoms with van der Waals surface area (Å²) in [5.74, 6) is -0.701. The fourth-order valence-corrected chi connectivity index (χ4v) is 5.38. The van der Waals surface area contributed by atoms with Crippen LogP contribution in [0.15, 0.2) is 72.8 Å². The van der Waals surface area contributed by atoms with Gasteiger partial charge in [-0.25, -0.2) is 0 Å². The number of rotatable bonds is 5. The first-order valence-corrected chi connectivity index (χ1v) is 13.5. The third-order valence-corrected chi connectivity index (χ3v) is 7.69. The topological polar surface area (TPSA) is 93.2 Å². The summed E-state index contributed by atoms with van der Waals surface area (Å²) in [5.41, 5.74) is 1.66. The molecule has 3 aromatic rings. The molecule has 3 amide bonds. The molecule has 2 atom stereocenters. The van der Waals surface area contributed by atoms with Crippen LogP contribution in [0.4, 0.5) is 5.69 Å². The number of carbonyl (C=O) groups is 3. The Balaban J connectivity index is 1.23. The summed E-state index contributed by atoms with van der Waals surface area (Å²) >= 11 is 12.1. The van der Waals surface area contributed by atoms with Gasteiger partial charge in [-0.15, -0.1) is 0 Å². The minimum Gasteiger partial charge on any atom is -0.390 e. The maximum atomic E-state index is 13.5. The average Bonchev–Trinajstić information content (AvgIpc) is 3.35. The number of amides is 3. The van der Waals surface area contributed by atoms with Gasteiger partial charge in [-0.3, -0.25) is 19.3 Å². The third kappa shape index (κ3) is 6.09. The number of carbonyl (C=O) groups excluding carboxylic acids is 3. The number of nitrogens with one attached hydrogen (secondary N) is 1. The molecule has 0 aliphatic carbocycles. The fraction of sp³-hybridized carbons (Fsp3) is 0.276. The monoisotopic (exact) mass is 566 g/mol. The molecule has 39 heavy (non-hydrogen) atoms. The Kier molecular flexibility index (Phi) is 8.18. The lowest BCUT2D eigenvalue weighted by Crippen LogP contribution is -2.54. The van der Waals surface area contributed by atoms with E-state index in [1.54, 1.807) is 76.5 Å². The standard InChI is InChI=1S/C29H28Cl2N4O4/c30-21-8-6-20(7-9-21)28(38)34-14-12-33(13-15-34)25-17-35(18-26(25)36)29(39)23-11-10-22(31)16-24(23)32-27(37)19-4-2-1-3-5-19/h1-11,16,25-26,36H,12-15,17-18H2,(H,32,37). The van der Waals surface area contributed by atoms with E-state index in [1.807, 2.05) is 6.07 Å². The van der Waals surface area contributed by atoms with Gasteiger partial charge in [0, 0.05) is 60.4 Å². The Morgan fingerprint density at radius 2 is 1.41 bits per heavy atom. The number of benzene rings is 3. The highest BCUT2D eigenvalue weighted by Gasteiger charge is 2.39. The average molecular weight is 567 g/mol. The molecule has 2 N–H and O–H groups in total. The van der Waals surface area contributed by atoms with Gasteiger partial charge in [0.2, 0.25) is 0 Å². The number of hydrogen-bond acceptors (Lipinski definition) is 5. The lowest BCUT2D eigenvalue weighted by molar-refractivity contribution is 0.0376. The van der Waals surface area contributed by atoms with Gasteiger partial charge in [0.15, 0.2) is 0 Å². The number of halogens is 2. The van der Waals surface area contributed by atoms with E-state index in [1.165, 1.54) is 0 Å². The summed E-state index contributed by atoms with van der Waals surface area (Å²) in [6.45, 7) is 2.71. The second-order valence-corrected chi connectivity index (χ2v) is 10.6. The van der Waals surface area contributed by atoms with E-state index in [0.29, 0.717) is 65.1 Å². The van der Waals surface area contributed by atoms with E-state index in [9.17, 15) is 19.5 Å². The molecule has 2 saturated heterocycles. The quantitative estimate of drug-likeness (QED) is 0.488. The van der Waals surface area contributed by atoms with Crippen molar-refractivity contribution in [1.29, 1.82) is 0 Å². The van der Waals surface area contributed by atoms with E-state index in [2.05, 4.69) is 10.2 Å². The molecule has 0 saturated carbocycles. The van der Waals surface area contributed by atoms with Crippen molar-refractivity contribution in [3.8, 4) is 0 Å². The van der Waals surface area contributed by atoms with E-state index < -0.39 is 6.10 Å². The SMILES string of the molecule is O=C(Nc1cc(Cl)ccc1C(=O)N1CC(O)C(N2CCN(C(=O)c3ccc(Cl)cc3)CC2)C1)c1ccccc1. The molecule has 0 aromatic heterocycles. The molecule has 3 aromatic carbocycles. The Morgan fingerprint density at radius 1 is 0.744 bits per heavy atom. The van der Waals surface area contributed by atoms with Gasteiger partial charge in [0.25, 0.3) is 17.7 Å². The van der Waals surface area contributed by atoms with E-state index in [0.717, 1.165) is 0 Å². The van der Waals surface area contributed by atoms with Crippen LogP contribution in [0, 0.1) is 0 Å². The summed E-state index contributed by atoms with van der Waals surface area (Å²) in [6.07, 6.45) is -0.734. The van der Waals surface area contributed by atoms with Gasteiger partial charge >= 0.3 is 0 Å². The van der Waals surface area contributed by atoms with Crippen LogP contribution in [0.3, 0.4) is 0 Å². The lowest BCUT2D eigenvalue weighted by Gasteiger charge is -2.38. The Labute approximate surface area is 236 Å². The van der Waals surface area contributed by atoms with Crippen LogP contribution in [0.25, 0.3) is 0 Å². The Morgan fingerprint density at radius 3 is 2.10 bits per heavy atom. The number of nitrogens with zero attached hydrogens (tertiary/aromatic N) is 3. The maximum Gasteiger partial charge on any atom is 0.256 e. The maximum absolute atomic E-state index is 13.5. The first-order valence-electron chi connectivity index (χ1n) is 12.7. The van der Waals surface area contributed by atoms with Crippen molar-refractivity contribution in [3.63, 3.8) is 0 Å².